The zero-order valence-electron chi connectivity index (χ0n) is 16.0. The topological polar surface area (TPSA) is 92.8 Å². The van der Waals surface area contributed by atoms with E-state index in [1.165, 1.54) is 18.7 Å². The first-order chi connectivity index (χ1) is 13.3. The van der Waals surface area contributed by atoms with Gasteiger partial charge in [-0.15, -0.1) is 0 Å². The first-order valence-corrected chi connectivity index (χ1v) is 8.78. The van der Waals surface area contributed by atoms with Crippen molar-refractivity contribution in [2.75, 3.05) is 23.4 Å². The highest BCUT2D eigenvalue weighted by Crippen LogP contribution is 2.22. The first-order valence-electron chi connectivity index (χ1n) is 8.78. The lowest BCUT2D eigenvalue weighted by Crippen LogP contribution is -2.37. The van der Waals surface area contributed by atoms with Crippen LogP contribution in [0.4, 0.5) is 11.4 Å². The lowest BCUT2D eigenvalue weighted by molar-refractivity contribution is -0.120. The minimum Gasteiger partial charge on any atom is -0.462 e. The van der Waals surface area contributed by atoms with Crippen molar-refractivity contribution in [2.24, 2.45) is 0 Å². The van der Waals surface area contributed by atoms with Crippen LogP contribution >= 0.6 is 0 Å². The molecule has 7 heteroatoms. The molecular weight excluding hydrogens is 360 g/mol. The van der Waals surface area contributed by atoms with Crippen LogP contribution in [-0.2, 0) is 14.3 Å². The summed E-state index contributed by atoms with van der Waals surface area (Å²) in [7, 11) is 0. The minimum atomic E-state index is -0.565. The number of esters is 1. The van der Waals surface area contributed by atoms with Gasteiger partial charge in [0.15, 0.2) is 5.78 Å². The third-order valence-electron chi connectivity index (χ3n) is 3.95. The molecule has 2 rings (SSSR count). The summed E-state index contributed by atoms with van der Waals surface area (Å²) in [6.07, 6.45) is 0. The van der Waals surface area contributed by atoms with E-state index < -0.39 is 11.9 Å². The van der Waals surface area contributed by atoms with Crippen molar-refractivity contribution in [1.29, 1.82) is 0 Å². The molecule has 0 bridgehead atoms. The molecule has 0 aromatic heterocycles. The second-order valence-corrected chi connectivity index (χ2v) is 6.02. The van der Waals surface area contributed by atoms with Gasteiger partial charge in [0.05, 0.1) is 17.9 Å². The molecule has 0 unspecified atom stereocenters. The molecule has 28 heavy (non-hydrogen) atoms. The fourth-order valence-corrected chi connectivity index (χ4v) is 2.59. The number of rotatable bonds is 7. The van der Waals surface area contributed by atoms with Crippen molar-refractivity contribution in [3.8, 4) is 0 Å². The molecule has 0 aliphatic carbocycles. The van der Waals surface area contributed by atoms with Crippen LogP contribution in [0.1, 0.15) is 41.5 Å². The Bertz CT molecular complexity index is 890. The highest BCUT2D eigenvalue weighted by atomic mass is 16.5. The number of carbonyl (C=O) groups is 4. The van der Waals surface area contributed by atoms with E-state index >= 15 is 0 Å². The summed E-state index contributed by atoms with van der Waals surface area (Å²) >= 11 is 0. The third-order valence-corrected chi connectivity index (χ3v) is 3.95. The predicted octanol–water partition coefficient (Wildman–Crippen LogP) is 3.06. The van der Waals surface area contributed by atoms with Gasteiger partial charge in [-0.25, -0.2) is 4.79 Å². The molecule has 7 nitrogen and oxygen atoms in total. The molecule has 2 aromatic carbocycles. The zero-order chi connectivity index (χ0) is 20.7. The number of hydrogen-bond donors (Lipinski definition) is 1. The Morgan fingerprint density at radius 2 is 1.61 bits per heavy atom. The molecule has 0 saturated heterocycles. The van der Waals surface area contributed by atoms with Gasteiger partial charge < -0.3 is 15.0 Å². The zero-order valence-corrected chi connectivity index (χ0v) is 16.0. The Morgan fingerprint density at radius 1 is 0.964 bits per heavy atom. The lowest BCUT2D eigenvalue weighted by Gasteiger charge is -2.23. The van der Waals surface area contributed by atoms with Crippen LogP contribution in [0.3, 0.4) is 0 Å². The Labute approximate surface area is 163 Å². The average Bonchev–Trinajstić information content (AvgIpc) is 2.66. The normalized spacial score (nSPS) is 10.1. The van der Waals surface area contributed by atoms with Gasteiger partial charge in [0.1, 0.15) is 6.54 Å². The summed E-state index contributed by atoms with van der Waals surface area (Å²) in [6, 6.07) is 12.9. The molecular formula is C21H22N2O5. The van der Waals surface area contributed by atoms with Gasteiger partial charge in [0.25, 0.3) is 0 Å². The largest absolute Gasteiger partial charge is 0.462 e. The maximum atomic E-state index is 12.4. The molecule has 0 heterocycles. The van der Waals surface area contributed by atoms with Crippen LogP contribution in [0.25, 0.3) is 0 Å². The van der Waals surface area contributed by atoms with Gasteiger partial charge >= 0.3 is 5.97 Å². The van der Waals surface area contributed by atoms with Crippen LogP contribution in [0.5, 0.6) is 0 Å². The van der Waals surface area contributed by atoms with E-state index in [0.717, 1.165) is 0 Å². The van der Waals surface area contributed by atoms with Crippen LogP contribution in [0, 0.1) is 0 Å². The van der Waals surface area contributed by atoms with E-state index in [9.17, 15) is 19.2 Å². The molecule has 0 saturated carbocycles. The number of Topliss-reactive ketones (excluding diaryl/α,β-unsaturated/α-hetero) is 1. The number of nitrogens with zero attached hydrogens (tertiary/aromatic N) is 1. The number of nitrogens with one attached hydrogen (secondary N) is 1. The highest BCUT2D eigenvalue weighted by Gasteiger charge is 2.22. The van der Waals surface area contributed by atoms with E-state index in [1.54, 1.807) is 55.5 Å². The maximum absolute atomic E-state index is 12.4. The highest BCUT2D eigenvalue weighted by molar-refractivity contribution is 6.06. The summed E-state index contributed by atoms with van der Waals surface area (Å²) < 4.78 is 5.02. The van der Waals surface area contributed by atoms with E-state index in [-0.39, 0.29) is 30.4 Å². The monoisotopic (exact) mass is 382 g/mol. The summed E-state index contributed by atoms with van der Waals surface area (Å²) in [5.41, 5.74) is 1.54. The van der Waals surface area contributed by atoms with Crippen LogP contribution in [-0.4, -0.2) is 36.7 Å². The van der Waals surface area contributed by atoms with Crippen LogP contribution in [0.15, 0.2) is 48.5 Å². The summed E-state index contributed by atoms with van der Waals surface area (Å²) in [5.74, 6) is -1.47. The van der Waals surface area contributed by atoms with E-state index in [2.05, 4.69) is 5.32 Å². The molecule has 1 N–H and O–H groups in total. The number of amides is 2. The fraction of sp³-hybridized carbons (Fsp3) is 0.238. The standard InChI is InChI=1S/C21H22N2O5/c1-4-28-21(27)18-7-5-6-8-19(18)23(15(3)25)13-20(26)22-17-11-9-16(10-12-17)14(2)24/h5-12H,4,13H2,1-3H3,(H,22,26). The van der Waals surface area contributed by atoms with Gasteiger partial charge in [-0.1, -0.05) is 12.1 Å². The Balaban J connectivity index is 2.19. The Kier molecular flexibility index (Phi) is 7.03. The lowest BCUT2D eigenvalue weighted by atomic mass is 10.1. The van der Waals surface area contributed by atoms with E-state index in [0.29, 0.717) is 16.9 Å². The minimum absolute atomic E-state index is 0.0730. The van der Waals surface area contributed by atoms with Gasteiger partial charge in [-0.3, -0.25) is 14.4 Å². The van der Waals surface area contributed by atoms with Crippen molar-refractivity contribution in [3.05, 3.63) is 59.7 Å². The molecule has 0 spiro atoms. The number of para-hydroxylation sites is 1. The van der Waals surface area contributed by atoms with Gasteiger partial charge in [0, 0.05) is 18.2 Å². The summed E-state index contributed by atoms with van der Waals surface area (Å²) in [4.78, 5) is 49.3. The Morgan fingerprint density at radius 3 is 2.18 bits per heavy atom. The number of anilines is 2. The Hall–Kier alpha value is -3.48. The second kappa shape index (κ2) is 9.45. The van der Waals surface area contributed by atoms with Crippen LogP contribution in [0.2, 0.25) is 0 Å². The second-order valence-electron chi connectivity index (χ2n) is 6.02. The molecule has 2 amide bonds. The average molecular weight is 382 g/mol. The molecule has 0 fully saturated rings. The van der Waals surface area contributed by atoms with Gasteiger partial charge in [-0.2, -0.15) is 0 Å². The number of carbonyl (C=O) groups excluding carboxylic acids is 4. The molecule has 2 aromatic rings. The SMILES string of the molecule is CCOC(=O)c1ccccc1N(CC(=O)Nc1ccc(C(C)=O)cc1)C(C)=O. The summed E-state index contributed by atoms with van der Waals surface area (Å²) in [5, 5.41) is 2.68. The van der Waals surface area contributed by atoms with Crippen LogP contribution < -0.4 is 10.2 Å². The summed E-state index contributed by atoms with van der Waals surface area (Å²) in [6.45, 7) is 4.38. The molecule has 0 aliphatic rings. The first kappa shape index (κ1) is 20.8. The number of hydrogen-bond acceptors (Lipinski definition) is 5. The van der Waals surface area contributed by atoms with E-state index in [1.807, 2.05) is 0 Å². The van der Waals surface area contributed by atoms with Crippen molar-refractivity contribution in [1.82, 2.24) is 0 Å². The van der Waals surface area contributed by atoms with Crippen molar-refractivity contribution >= 4 is 34.9 Å². The predicted molar refractivity (Wildman–Crippen MR) is 106 cm³/mol. The van der Waals surface area contributed by atoms with Gasteiger partial charge in [0.2, 0.25) is 11.8 Å². The quantitative estimate of drug-likeness (QED) is 0.587. The van der Waals surface area contributed by atoms with Crippen molar-refractivity contribution in [2.45, 2.75) is 20.8 Å². The number of ether oxygens (including phenoxy) is 1. The molecule has 0 radical (unpaired) electrons. The third kappa shape index (κ3) is 5.26. The van der Waals surface area contributed by atoms with E-state index in [4.69, 9.17) is 4.74 Å². The maximum Gasteiger partial charge on any atom is 0.340 e. The number of ketones is 1. The molecule has 146 valence electrons. The smallest absolute Gasteiger partial charge is 0.340 e. The fourth-order valence-electron chi connectivity index (χ4n) is 2.59. The molecule has 0 aliphatic heterocycles. The number of benzene rings is 2. The molecule has 0 atom stereocenters. The van der Waals surface area contributed by atoms with Crippen molar-refractivity contribution in [3.63, 3.8) is 0 Å². The van der Waals surface area contributed by atoms with Crippen molar-refractivity contribution < 1.29 is 23.9 Å². The van der Waals surface area contributed by atoms with Gasteiger partial charge in [-0.05, 0) is 50.2 Å².